The summed E-state index contributed by atoms with van der Waals surface area (Å²) in [7, 11) is 0. The average Bonchev–Trinajstić information content (AvgIpc) is 2.16. The quantitative estimate of drug-likeness (QED) is 0.711. The van der Waals surface area contributed by atoms with Crippen LogP contribution in [-0.2, 0) is 9.53 Å². The molecule has 0 spiro atoms. The molecule has 0 aliphatic carbocycles. The average molecular weight is 258 g/mol. The Labute approximate surface area is 93.6 Å². The lowest BCUT2D eigenvalue weighted by Gasteiger charge is -2.20. The minimum Gasteiger partial charge on any atom is -0.379 e. The van der Waals surface area contributed by atoms with Crippen molar-refractivity contribution < 1.29 is 22.7 Å². The molecule has 15 heavy (non-hydrogen) atoms. The van der Waals surface area contributed by atoms with Gasteiger partial charge in [0.05, 0.1) is 17.8 Å². The van der Waals surface area contributed by atoms with Crippen molar-refractivity contribution in [3.05, 3.63) is 12.2 Å². The highest BCUT2D eigenvalue weighted by Crippen LogP contribution is 2.34. The summed E-state index contributed by atoms with van der Waals surface area (Å²) < 4.78 is 41.0. The second-order valence-electron chi connectivity index (χ2n) is 2.76. The first-order chi connectivity index (χ1) is 6.91. The molecule has 1 unspecified atom stereocenters. The van der Waals surface area contributed by atoms with Gasteiger partial charge in [-0.1, -0.05) is 18.3 Å². The largest absolute Gasteiger partial charge is 0.420 e. The molecule has 1 fully saturated rings. The fraction of sp³-hybridized carbons (Fsp3) is 0.625. The summed E-state index contributed by atoms with van der Waals surface area (Å²) in [5, 5.41) is -1.02. The first kappa shape index (κ1) is 12.9. The molecule has 1 atom stereocenters. The van der Waals surface area contributed by atoms with Crippen LogP contribution in [0, 0.1) is 0 Å². The van der Waals surface area contributed by atoms with Crippen molar-refractivity contribution in [3.8, 4) is 0 Å². The fourth-order valence-electron chi connectivity index (χ4n) is 0.840. The van der Waals surface area contributed by atoms with Gasteiger partial charge in [0, 0.05) is 5.75 Å². The van der Waals surface area contributed by atoms with Crippen molar-refractivity contribution in [3.63, 3.8) is 0 Å². The Morgan fingerprint density at radius 2 is 2.20 bits per heavy atom. The highest BCUT2D eigenvalue weighted by molar-refractivity contribution is 8.25. The van der Waals surface area contributed by atoms with E-state index in [1.54, 1.807) is 0 Å². The zero-order valence-corrected chi connectivity index (χ0v) is 9.31. The molecule has 1 saturated heterocycles. The first-order valence-electron chi connectivity index (χ1n) is 4.07. The van der Waals surface area contributed by atoms with Gasteiger partial charge in [0.2, 0.25) is 5.12 Å². The molecule has 7 heteroatoms. The monoisotopic (exact) mass is 258 g/mol. The molecule has 1 aliphatic rings. The topological polar surface area (TPSA) is 26.3 Å². The molecule has 0 amide bonds. The number of halogens is 3. The van der Waals surface area contributed by atoms with Crippen LogP contribution in [0.3, 0.4) is 0 Å². The van der Waals surface area contributed by atoms with Gasteiger partial charge in [-0.05, 0) is 0 Å². The number of ether oxygens (including phenoxy) is 1. The number of carbonyl (C=O) groups excluding carboxylic acids is 1. The summed E-state index contributed by atoms with van der Waals surface area (Å²) in [6.07, 6.45) is -4.63. The third kappa shape index (κ3) is 4.08. The maximum Gasteiger partial charge on any atom is 0.420 e. The lowest BCUT2D eigenvalue weighted by atomic mass is 10.3. The summed E-state index contributed by atoms with van der Waals surface area (Å²) in [5.41, 5.74) is -1.31. The predicted molar refractivity (Wildman–Crippen MR) is 54.9 cm³/mol. The third-order valence-corrected chi connectivity index (χ3v) is 4.08. The number of carbonyl (C=O) groups is 1. The van der Waals surface area contributed by atoms with E-state index in [9.17, 15) is 18.0 Å². The van der Waals surface area contributed by atoms with E-state index < -0.39 is 16.9 Å². The Hall–Kier alpha value is -0.140. The first-order valence-corrected chi connectivity index (χ1v) is 6.00. The van der Waals surface area contributed by atoms with Crippen molar-refractivity contribution >= 4 is 28.6 Å². The van der Waals surface area contributed by atoms with Crippen LogP contribution in [0.4, 0.5) is 13.2 Å². The normalized spacial score (nSPS) is 22.5. The second kappa shape index (κ2) is 5.27. The predicted octanol–water partition coefficient (Wildman–Crippen LogP) is 2.45. The number of hydrogen-bond donors (Lipinski definition) is 0. The Kier molecular flexibility index (Phi) is 4.54. The molecule has 1 aliphatic heterocycles. The maximum atomic E-state index is 12.1. The van der Waals surface area contributed by atoms with Crippen LogP contribution >= 0.6 is 23.5 Å². The Bertz CT molecular complexity index is 259. The van der Waals surface area contributed by atoms with Crippen LogP contribution in [0.25, 0.3) is 0 Å². The molecule has 86 valence electrons. The minimum absolute atomic E-state index is 0.259. The number of hydrogen-bond acceptors (Lipinski definition) is 4. The van der Waals surface area contributed by atoms with Crippen molar-refractivity contribution in [2.75, 3.05) is 19.0 Å². The molecule has 2 nitrogen and oxygen atoms in total. The van der Waals surface area contributed by atoms with Gasteiger partial charge in [-0.3, -0.25) is 4.79 Å². The van der Waals surface area contributed by atoms with Crippen LogP contribution in [0.15, 0.2) is 12.2 Å². The van der Waals surface area contributed by atoms with Gasteiger partial charge >= 0.3 is 6.18 Å². The molecule has 0 aromatic heterocycles. The number of rotatable bonds is 2. The van der Waals surface area contributed by atoms with Crippen molar-refractivity contribution in [2.45, 2.75) is 10.8 Å². The summed E-state index contributed by atoms with van der Waals surface area (Å²) >= 11 is 2.06. The highest BCUT2D eigenvalue weighted by atomic mass is 32.2. The van der Waals surface area contributed by atoms with Gasteiger partial charge < -0.3 is 4.74 Å². The Balaban J connectivity index is 2.44. The van der Waals surface area contributed by atoms with Gasteiger partial charge in [-0.15, -0.1) is 11.8 Å². The van der Waals surface area contributed by atoms with Gasteiger partial charge in [-0.25, -0.2) is 0 Å². The maximum absolute atomic E-state index is 12.1. The summed E-state index contributed by atoms with van der Waals surface area (Å²) in [4.78, 5) is 11.1. The molecular weight excluding hydrogens is 249 g/mol. The molecule has 0 N–H and O–H groups in total. The van der Waals surface area contributed by atoms with Gasteiger partial charge in [0.15, 0.2) is 0 Å². The van der Waals surface area contributed by atoms with E-state index in [0.717, 1.165) is 0 Å². The van der Waals surface area contributed by atoms with Crippen molar-refractivity contribution in [2.24, 2.45) is 0 Å². The standard InChI is InChI=1S/C8H9F3O2S2/c1-5(8(9,10)11)7(12)15-6-4-13-2-3-14-6/h6H,1-4H2. The van der Waals surface area contributed by atoms with Gasteiger partial charge in [0.25, 0.3) is 0 Å². The molecule has 0 aromatic rings. The van der Waals surface area contributed by atoms with Crippen molar-refractivity contribution in [1.29, 1.82) is 0 Å². The molecule has 1 heterocycles. The van der Waals surface area contributed by atoms with E-state index in [-0.39, 0.29) is 4.58 Å². The van der Waals surface area contributed by atoms with E-state index >= 15 is 0 Å². The Morgan fingerprint density at radius 3 is 2.67 bits per heavy atom. The summed E-state index contributed by atoms with van der Waals surface area (Å²) in [5.74, 6) is 0.698. The number of thioether (sulfide) groups is 2. The van der Waals surface area contributed by atoms with Crippen LogP contribution in [0.1, 0.15) is 0 Å². The molecule has 0 aromatic carbocycles. The summed E-state index contributed by atoms with van der Waals surface area (Å²) in [6.45, 7) is 3.62. The summed E-state index contributed by atoms with van der Waals surface area (Å²) in [6, 6.07) is 0. The van der Waals surface area contributed by atoms with E-state index in [4.69, 9.17) is 4.74 Å². The van der Waals surface area contributed by atoms with E-state index in [1.807, 2.05) is 0 Å². The molecule has 0 radical (unpaired) electrons. The highest BCUT2D eigenvalue weighted by Gasteiger charge is 2.38. The zero-order chi connectivity index (χ0) is 11.5. The van der Waals surface area contributed by atoms with Gasteiger partial charge in [0.1, 0.15) is 5.57 Å². The molecule has 0 saturated carbocycles. The van der Waals surface area contributed by atoms with Crippen LogP contribution < -0.4 is 0 Å². The minimum atomic E-state index is -4.63. The fourth-order valence-corrected chi connectivity index (χ4v) is 2.99. The lowest BCUT2D eigenvalue weighted by molar-refractivity contribution is -0.121. The SMILES string of the molecule is C=C(C(=O)SC1COCCS1)C(F)(F)F. The molecule has 1 rings (SSSR count). The third-order valence-electron chi connectivity index (χ3n) is 1.61. The van der Waals surface area contributed by atoms with Gasteiger partial charge in [-0.2, -0.15) is 13.2 Å². The zero-order valence-electron chi connectivity index (χ0n) is 7.67. The number of alkyl halides is 3. The van der Waals surface area contributed by atoms with E-state index in [2.05, 4.69) is 6.58 Å². The van der Waals surface area contributed by atoms with Crippen LogP contribution in [-0.4, -0.2) is 34.8 Å². The van der Waals surface area contributed by atoms with Crippen molar-refractivity contribution in [1.82, 2.24) is 0 Å². The second-order valence-corrected chi connectivity index (χ2v) is 5.54. The smallest absolute Gasteiger partial charge is 0.379 e. The van der Waals surface area contributed by atoms with E-state index in [0.29, 0.717) is 30.7 Å². The van der Waals surface area contributed by atoms with Crippen LogP contribution in [0.2, 0.25) is 0 Å². The van der Waals surface area contributed by atoms with E-state index in [1.165, 1.54) is 11.8 Å². The molecular formula is C8H9F3O2S2. The molecule has 0 bridgehead atoms. The van der Waals surface area contributed by atoms with Crippen LogP contribution in [0.5, 0.6) is 0 Å². The lowest BCUT2D eigenvalue weighted by Crippen LogP contribution is -2.22. The Morgan fingerprint density at radius 1 is 1.53 bits per heavy atom.